The molecule has 0 spiro atoms. The summed E-state index contributed by atoms with van der Waals surface area (Å²) in [6, 6.07) is 16.9. The smallest absolute Gasteiger partial charge is 0.256 e. The molecular weight excluding hydrogens is 334 g/mol. The normalized spacial score (nSPS) is 15.8. The van der Waals surface area contributed by atoms with Gasteiger partial charge in [0.15, 0.2) is 0 Å². The Hall–Kier alpha value is -2.73. The number of aryl methyl sites for hydroxylation is 1. The minimum atomic E-state index is -0.955. The number of carbonyl (C=O) groups is 1. The van der Waals surface area contributed by atoms with E-state index in [0.29, 0.717) is 22.9 Å². The number of nitrogens with one attached hydrogen (secondary N) is 1. The van der Waals surface area contributed by atoms with Gasteiger partial charge in [-0.05, 0) is 30.7 Å². The number of anilines is 1. The van der Waals surface area contributed by atoms with Crippen LogP contribution in [0.15, 0.2) is 54.6 Å². The molecule has 1 aliphatic rings. The van der Waals surface area contributed by atoms with Crippen LogP contribution in [-0.2, 0) is 22.3 Å². The third kappa shape index (κ3) is 2.89. The first-order valence-electron chi connectivity index (χ1n) is 8.01. The van der Waals surface area contributed by atoms with Crippen LogP contribution < -0.4 is 5.32 Å². The third-order valence-electron chi connectivity index (χ3n) is 4.28. The van der Waals surface area contributed by atoms with Crippen molar-refractivity contribution < 1.29 is 9.00 Å². The van der Waals surface area contributed by atoms with Crippen molar-refractivity contribution in [3.8, 4) is 5.69 Å². The summed E-state index contributed by atoms with van der Waals surface area (Å²) in [5, 5.41) is 7.61. The van der Waals surface area contributed by atoms with E-state index in [9.17, 15) is 9.00 Å². The van der Waals surface area contributed by atoms with Crippen LogP contribution in [0.1, 0.15) is 27.2 Å². The van der Waals surface area contributed by atoms with Gasteiger partial charge in [-0.1, -0.05) is 36.4 Å². The highest BCUT2D eigenvalue weighted by Crippen LogP contribution is 2.32. The number of carbonyl (C=O) groups excluding carboxylic acids is 1. The molecule has 6 heteroatoms. The van der Waals surface area contributed by atoms with Gasteiger partial charge >= 0.3 is 0 Å². The van der Waals surface area contributed by atoms with Crippen LogP contribution in [0.25, 0.3) is 5.69 Å². The molecule has 5 nitrogen and oxygen atoms in total. The van der Waals surface area contributed by atoms with Crippen molar-refractivity contribution in [1.82, 2.24) is 9.78 Å². The molecule has 1 aliphatic heterocycles. The fourth-order valence-corrected chi connectivity index (χ4v) is 4.27. The first kappa shape index (κ1) is 15.8. The molecule has 2 aromatic carbocycles. The van der Waals surface area contributed by atoms with E-state index >= 15 is 0 Å². The molecule has 126 valence electrons. The Morgan fingerprint density at radius 1 is 1.08 bits per heavy atom. The van der Waals surface area contributed by atoms with Crippen LogP contribution in [0.3, 0.4) is 0 Å². The average molecular weight is 351 g/mol. The van der Waals surface area contributed by atoms with E-state index in [4.69, 9.17) is 0 Å². The maximum atomic E-state index is 12.6. The monoisotopic (exact) mass is 351 g/mol. The Labute approximate surface area is 148 Å². The predicted octanol–water partition coefficient (Wildman–Crippen LogP) is 3.20. The van der Waals surface area contributed by atoms with Gasteiger partial charge in [0.1, 0.15) is 5.82 Å². The summed E-state index contributed by atoms with van der Waals surface area (Å²) in [5.74, 6) is 1.27. The van der Waals surface area contributed by atoms with Gasteiger partial charge < -0.3 is 5.32 Å². The second-order valence-electron chi connectivity index (χ2n) is 6.02. The van der Waals surface area contributed by atoms with Crippen molar-refractivity contribution in [2.45, 2.75) is 18.4 Å². The summed E-state index contributed by atoms with van der Waals surface area (Å²) in [4.78, 5) is 12.6. The lowest BCUT2D eigenvalue weighted by Crippen LogP contribution is -2.16. The van der Waals surface area contributed by atoms with Gasteiger partial charge in [0.25, 0.3) is 5.91 Å². The molecule has 4 rings (SSSR count). The van der Waals surface area contributed by atoms with Gasteiger partial charge in [-0.25, -0.2) is 4.68 Å². The Morgan fingerprint density at radius 3 is 2.56 bits per heavy atom. The van der Waals surface area contributed by atoms with E-state index in [1.807, 2.05) is 49.4 Å². The number of amides is 1. The summed E-state index contributed by atoms with van der Waals surface area (Å²) in [6.07, 6.45) is 0. The highest BCUT2D eigenvalue weighted by molar-refractivity contribution is 7.83. The van der Waals surface area contributed by atoms with E-state index in [0.717, 1.165) is 22.5 Å². The number of hydrogen-bond acceptors (Lipinski definition) is 3. The molecule has 0 aliphatic carbocycles. The van der Waals surface area contributed by atoms with Gasteiger partial charge in [0.05, 0.1) is 22.9 Å². The van der Waals surface area contributed by atoms with Crippen LogP contribution in [0.2, 0.25) is 0 Å². The molecule has 0 bridgehead atoms. The quantitative estimate of drug-likeness (QED) is 0.788. The van der Waals surface area contributed by atoms with Crippen molar-refractivity contribution in [2.24, 2.45) is 0 Å². The molecule has 1 N–H and O–H groups in total. The number of fused-ring (bicyclic) bond motifs is 1. The zero-order valence-electron chi connectivity index (χ0n) is 13.7. The molecule has 0 radical (unpaired) electrons. The standard InChI is InChI=1S/C19H17N3O2S/c1-13-7-5-6-10-17(13)22-18(15-11-25(24)12-16(15)21-22)20-19(23)14-8-3-2-4-9-14/h2-10H,11-12H2,1H3,(H,20,23). The molecular formula is C19H17N3O2S. The summed E-state index contributed by atoms with van der Waals surface area (Å²) in [7, 11) is -0.955. The lowest BCUT2D eigenvalue weighted by molar-refractivity contribution is 0.102. The fourth-order valence-electron chi connectivity index (χ4n) is 3.00. The van der Waals surface area contributed by atoms with Crippen molar-refractivity contribution in [2.75, 3.05) is 5.32 Å². The van der Waals surface area contributed by atoms with E-state index in [1.54, 1.807) is 16.8 Å². The Morgan fingerprint density at radius 2 is 1.80 bits per heavy atom. The van der Waals surface area contributed by atoms with Crippen molar-refractivity contribution in [1.29, 1.82) is 0 Å². The van der Waals surface area contributed by atoms with E-state index in [1.165, 1.54) is 0 Å². The lowest BCUT2D eigenvalue weighted by atomic mass is 10.2. The molecule has 1 amide bonds. The van der Waals surface area contributed by atoms with E-state index in [-0.39, 0.29) is 5.91 Å². The summed E-state index contributed by atoms with van der Waals surface area (Å²) < 4.78 is 13.7. The Balaban J connectivity index is 1.79. The number of rotatable bonds is 3. The SMILES string of the molecule is Cc1ccccc1-n1nc2c(c1NC(=O)c1ccccc1)CS(=O)C2. The van der Waals surface area contributed by atoms with Gasteiger partial charge in [0.2, 0.25) is 0 Å². The number of nitrogens with zero attached hydrogens (tertiary/aromatic N) is 2. The minimum Gasteiger partial charge on any atom is -0.306 e. The first-order chi connectivity index (χ1) is 12.1. The largest absolute Gasteiger partial charge is 0.306 e. The lowest BCUT2D eigenvalue weighted by Gasteiger charge is -2.13. The molecule has 1 unspecified atom stereocenters. The molecule has 25 heavy (non-hydrogen) atoms. The van der Waals surface area contributed by atoms with Crippen molar-refractivity contribution in [3.05, 3.63) is 77.0 Å². The van der Waals surface area contributed by atoms with Gasteiger partial charge in [0, 0.05) is 21.9 Å². The topological polar surface area (TPSA) is 64.0 Å². The molecule has 1 aromatic heterocycles. The van der Waals surface area contributed by atoms with Gasteiger partial charge in [-0.15, -0.1) is 0 Å². The maximum Gasteiger partial charge on any atom is 0.256 e. The molecule has 0 fully saturated rings. The summed E-state index contributed by atoms with van der Waals surface area (Å²) in [5.41, 5.74) is 4.20. The van der Waals surface area contributed by atoms with Crippen LogP contribution in [0.5, 0.6) is 0 Å². The molecule has 2 heterocycles. The molecule has 0 saturated carbocycles. The molecule has 0 saturated heterocycles. The molecule has 3 aromatic rings. The van der Waals surface area contributed by atoms with Gasteiger partial charge in [-0.2, -0.15) is 5.10 Å². The van der Waals surface area contributed by atoms with Crippen LogP contribution >= 0.6 is 0 Å². The van der Waals surface area contributed by atoms with E-state index in [2.05, 4.69) is 10.4 Å². The number of hydrogen-bond donors (Lipinski definition) is 1. The fraction of sp³-hybridized carbons (Fsp3) is 0.158. The van der Waals surface area contributed by atoms with Crippen LogP contribution in [0.4, 0.5) is 5.82 Å². The summed E-state index contributed by atoms with van der Waals surface area (Å²) >= 11 is 0. The number of aromatic nitrogens is 2. The highest BCUT2D eigenvalue weighted by Gasteiger charge is 2.28. The first-order valence-corrected chi connectivity index (χ1v) is 9.50. The number of para-hydroxylation sites is 1. The highest BCUT2D eigenvalue weighted by atomic mass is 32.2. The van der Waals surface area contributed by atoms with Crippen LogP contribution in [-0.4, -0.2) is 19.9 Å². The average Bonchev–Trinajstić information content (AvgIpc) is 3.13. The van der Waals surface area contributed by atoms with Crippen LogP contribution in [0, 0.1) is 6.92 Å². The van der Waals surface area contributed by atoms with Gasteiger partial charge in [-0.3, -0.25) is 9.00 Å². The minimum absolute atomic E-state index is 0.198. The van der Waals surface area contributed by atoms with E-state index < -0.39 is 10.8 Å². The Bertz CT molecular complexity index is 980. The zero-order valence-corrected chi connectivity index (χ0v) is 14.5. The molecule has 1 atom stereocenters. The second kappa shape index (κ2) is 6.29. The maximum absolute atomic E-state index is 12.6. The third-order valence-corrected chi connectivity index (χ3v) is 5.49. The predicted molar refractivity (Wildman–Crippen MR) is 98.2 cm³/mol. The number of benzene rings is 2. The summed E-state index contributed by atoms with van der Waals surface area (Å²) in [6.45, 7) is 2.00. The zero-order chi connectivity index (χ0) is 17.4. The van der Waals surface area contributed by atoms with Crippen molar-refractivity contribution >= 4 is 22.5 Å². The van der Waals surface area contributed by atoms with Crippen molar-refractivity contribution in [3.63, 3.8) is 0 Å². The second-order valence-corrected chi connectivity index (χ2v) is 7.48. The Kier molecular flexibility index (Phi) is 3.97.